The maximum absolute atomic E-state index is 12.8. The average Bonchev–Trinajstić information content (AvgIpc) is 3.22. The van der Waals surface area contributed by atoms with Crippen molar-refractivity contribution in [1.29, 1.82) is 0 Å². The predicted octanol–water partition coefficient (Wildman–Crippen LogP) is 1.14. The molecule has 2 fully saturated rings. The van der Waals surface area contributed by atoms with Crippen molar-refractivity contribution in [3.8, 4) is 0 Å². The van der Waals surface area contributed by atoms with Crippen molar-refractivity contribution in [1.82, 2.24) is 19.2 Å². The number of hydrogen-bond donors (Lipinski definition) is 0. The number of rotatable bonds is 4. The molecule has 138 valence electrons. The van der Waals surface area contributed by atoms with Crippen LogP contribution in [0.5, 0.6) is 0 Å². The van der Waals surface area contributed by atoms with Gasteiger partial charge in [0.15, 0.2) is 0 Å². The summed E-state index contributed by atoms with van der Waals surface area (Å²) in [5, 5.41) is 0. The first-order valence-electron chi connectivity index (χ1n) is 8.64. The molecule has 2 aromatic rings. The van der Waals surface area contributed by atoms with E-state index in [-0.39, 0.29) is 29.3 Å². The third kappa shape index (κ3) is 3.07. The van der Waals surface area contributed by atoms with Gasteiger partial charge in [-0.1, -0.05) is 6.07 Å². The molecule has 7 nitrogen and oxygen atoms in total. The summed E-state index contributed by atoms with van der Waals surface area (Å²) < 4.78 is 7.65. The zero-order valence-corrected chi connectivity index (χ0v) is 15.7. The Bertz CT molecular complexity index is 844. The molecule has 1 spiro atoms. The minimum atomic E-state index is -0.0195. The number of fused-ring (bicyclic) bond motifs is 1. The predicted molar refractivity (Wildman–Crippen MR) is 99.3 cm³/mol. The number of likely N-dealkylation sites (N-methyl/N-ethyl adjacent to an activating group) is 1. The first-order valence-corrected chi connectivity index (χ1v) is 9.63. The fourth-order valence-electron chi connectivity index (χ4n) is 3.49. The second-order valence-corrected chi connectivity index (χ2v) is 8.64. The second kappa shape index (κ2) is 6.59. The minimum Gasteiger partial charge on any atom is -0.367 e. The standard InChI is InChI=1S/C18H22N4O3S/c1-20(2)16(23)9-25-13-7-18(26-10-13)11-21(12-18)17(24)14-8-19-15-5-3-4-6-22(14)15/h3-6,8,13H,7,9-12H2,1-2H3/t13-/m0/s1. The normalized spacial score (nSPS) is 21.2. The summed E-state index contributed by atoms with van der Waals surface area (Å²) in [7, 11) is 3.46. The molecule has 2 aromatic heterocycles. The molecule has 0 bridgehead atoms. The van der Waals surface area contributed by atoms with Gasteiger partial charge in [-0.05, 0) is 18.6 Å². The topological polar surface area (TPSA) is 67.2 Å². The van der Waals surface area contributed by atoms with Gasteiger partial charge in [-0.15, -0.1) is 11.8 Å². The number of imidazole rings is 1. The Labute approximate surface area is 156 Å². The van der Waals surface area contributed by atoms with Gasteiger partial charge in [-0.3, -0.25) is 14.0 Å². The monoisotopic (exact) mass is 374 g/mol. The van der Waals surface area contributed by atoms with Gasteiger partial charge in [0.2, 0.25) is 5.91 Å². The van der Waals surface area contributed by atoms with Gasteiger partial charge < -0.3 is 14.5 Å². The lowest BCUT2D eigenvalue weighted by Gasteiger charge is -2.47. The molecule has 8 heteroatoms. The number of ether oxygens (including phenoxy) is 1. The Morgan fingerprint density at radius 3 is 2.96 bits per heavy atom. The third-order valence-corrected chi connectivity index (χ3v) is 6.57. The highest BCUT2D eigenvalue weighted by Gasteiger charge is 2.51. The zero-order chi connectivity index (χ0) is 18.3. The highest BCUT2D eigenvalue weighted by molar-refractivity contribution is 8.01. The number of aromatic nitrogens is 2. The molecule has 0 radical (unpaired) electrons. The lowest BCUT2D eigenvalue weighted by Crippen LogP contribution is -2.60. The van der Waals surface area contributed by atoms with Crippen molar-refractivity contribution in [2.45, 2.75) is 17.3 Å². The summed E-state index contributed by atoms with van der Waals surface area (Å²) in [4.78, 5) is 32.1. The molecule has 0 N–H and O–H groups in total. The van der Waals surface area contributed by atoms with E-state index in [1.165, 1.54) is 4.90 Å². The van der Waals surface area contributed by atoms with E-state index < -0.39 is 0 Å². The van der Waals surface area contributed by atoms with Crippen LogP contribution >= 0.6 is 11.8 Å². The molecular weight excluding hydrogens is 352 g/mol. The van der Waals surface area contributed by atoms with E-state index in [2.05, 4.69) is 4.98 Å². The molecule has 4 heterocycles. The van der Waals surface area contributed by atoms with Crippen LogP contribution < -0.4 is 0 Å². The van der Waals surface area contributed by atoms with E-state index in [0.29, 0.717) is 5.69 Å². The molecule has 0 saturated carbocycles. The van der Waals surface area contributed by atoms with E-state index in [1.807, 2.05) is 45.5 Å². The SMILES string of the molecule is CN(C)C(=O)CO[C@@H]1CSC2(C1)CN(C(=O)c1cnc3ccccn13)C2. The number of amides is 2. The van der Waals surface area contributed by atoms with Crippen molar-refractivity contribution in [2.24, 2.45) is 0 Å². The van der Waals surface area contributed by atoms with Crippen LogP contribution in [0.4, 0.5) is 0 Å². The van der Waals surface area contributed by atoms with Crippen LogP contribution in [0.25, 0.3) is 5.65 Å². The van der Waals surface area contributed by atoms with Crippen molar-refractivity contribution >= 4 is 29.2 Å². The zero-order valence-electron chi connectivity index (χ0n) is 14.9. The minimum absolute atomic E-state index is 0.0158. The summed E-state index contributed by atoms with van der Waals surface area (Å²) in [6.45, 7) is 1.56. The van der Waals surface area contributed by atoms with E-state index in [1.54, 1.807) is 20.3 Å². The summed E-state index contributed by atoms with van der Waals surface area (Å²) >= 11 is 1.86. The van der Waals surface area contributed by atoms with Gasteiger partial charge in [-0.2, -0.15) is 0 Å². The molecule has 1 atom stereocenters. The lowest BCUT2D eigenvalue weighted by atomic mass is 9.92. The van der Waals surface area contributed by atoms with Gasteiger partial charge >= 0.3 is 0 Å². The average molecular weight is 374 g/mol. The Morgan fingerprint density at radius 2 is 2.19 bits per heavy atom. The van der Waals surface area contributed by atoms with E-state index in [0.717, 1.165) is 30.9 Å². The quantitative estimate of drug-likeness (QED) is 0.803. The van der Waals surface area contributed by atoms with E-state index in [4.69, 9.17) is 4.74 Å². The number of likely N-dealkylation sites (tertiary alicyclic amines) is 1. The highest BCUT2D eigenvalue weighted by atomic mass is 32.2. The molecule has 26 heavy (non-hydrogen) atoms. The first kappa shape index (κ1) is 17.4. The Kier molecular flexibility index (Phi) is 4.40. The van der Waals surface area contributed by atoms with E-state index in [9.17, 15) is 9.59 Å². The molecular formula is C18H22N4O3S. The molecule has 2 aliphatic heterocycles. The summed E-state index contributed by atoms with van der Waals surface area (Å²) in [6, 6.07) is 5.69. The van der Waals surface area contributed by atoms with E-state index >= 15 is 0 Å². The van der Waals surface area contributed by atoms with Crippen molar-refractivity contribution in [3.05, 3.63) is 36.3 Å². The third-order valence-electron chi connectivity index (χ3n) is 5.00. The second-order valence-electron chi connectivity index (χ2n) is 7.15. The summed E-state index contributed by atoms with van der Waals surface area (Å²) in [5.74, 6) is 0.870. The Balaban J connectivity index is 1.34. The number of carbonyl (C=O) groups excluding carboxylic acids is 2. The number of thioether (sulfide) groups is 1. The van der Waals surface area contributed by atoms with Crippen LogP contribution in [0.3, 0.4) is 0 Å². The smallest absolute Gasteiger partial charge is 0.272 e. The van der Waals surface area contributed by atoms with Crippen molar-refractivity contribution in [2.75, 3.05) is 39.5 Å². The number of pyridine rings is 1. The fourth-order valence-corrected chi connectivity index (χ4v) is 5.05. The number of carbonyl (C=O) groups is 2. The maximum Gasteiger partial charge on any atom is 0.272 e. The molecule has 2 saturated heterocycles. The van der Waals surface area contributed by atoms with Gasteiger partial charge in [-0.25, -0.2) is 4.98 Å². The van der Waals surface area contributed by atoms with Crippen LogP contribution in [-0.4, -0.2) is 81.4 Å². The number of nitrogens with zero attached hydrogens (tertiary/aromatic N) is 4. The number of hydrogen-bond acceptors (Lipinski definition) is 5. The Morgan fingerprint density at radius 1 is 1.38 bits per heavy atom. The van der Waals surface area contributed by atoms with Gasteiger partial charge in [0.25, 0.3) is 5.91 Å². The summed E-state index contributed by atoms with van der Waals surface area (Å²) in [6.07, 6.45) is 4.47. The highest BCUT2D eigenvalue weighted by Crippen LogP contribution is 2.46. The maximum atomic E-state index is 12.8. The lowest BCUT2D eigenvalue weighted by molar-refractivity contribution is -0.135. The van der Waals surface area contributed by atoms with Crippen LogP contribution in [0, 0.1) is 0 Å². The molecule has 0 aliphatic carbocycles. The van der Waals surface area contributed by atoms with Crippen LogP contribution in [0.2, 0.25) is 0 Å². The van der Waals surface area contributed by atoms with Gasteiger partial charge in [0.05, 0.1) is 17.0 Å². The molecule has 4 rings (SSSR count). The van der Waals surface area contributed by atoms with Crippen molar-refractivity contribution in [3.63, 3.8) is 0 Å². The summed E-state index contributed by atoms with van der Waals surface area (Å²) in [5.41, 5.74) is 1.38. The molecule has 0 unspecified atom stereocenters. The van der Waals surface area contributed by atoms with Crippen LogP contribution in [0.15, 0.2) is 30.6 Å². The fraction of sp³-hybridized carbons (Fsp3) is 0.500. The first-order chi connectivity index (χ1) is 12.5. The largest absolute Gasteiger partial charge is 0.367 e. The molecule has 2 amide bonds. The molecule has 0 aromatic carbocycles. The Hall–Kier alpha value is -2.06. The molecule has 2 aliphatic rings. The van der Waals surface area contributed by atoms with Gasteiger partial charge in [0.1, 0.15) is 17.9 Å². The van der Waals surface area contributed by atoms with Crippen molar-refractivity contribution < 1.29 is 14.3 Å². The van der Waals surface area contributed by atoms with Crippen LogP contribution in [0.1, 0.15) is 16.9 Å². The van der Waals surface area contributed by atoms with Crippen LogP contribution in [-0.2, 0) is 9.53 Å². The van der Waals surface area contributed by atoms with Gasteiger partial charge in [0, 0.05) is 39.1 Å².